The lowest BCUT2D eigenvalue weighted by molar-refractivity contribution is 0.383. The van der Waals surface area contributed by atoms with Gasteiger partial charge >= 0.3 is 0 Å². The van der Waals surface area contributed by atoms with E-state index >= 15 is 0 Å². The quantitative estimate of drug-likeness (QED) is 0.909. The van der Waals surface area contributed by atoms with Crippen LogP contribution in [0.1, 0.15) is 38.3 Å². The molecule has 1 N–H and O–H groups in total. The van der Waals surface area contributed by atoms with E-state index in [1.807, 2.05) is 17.8 Å². The molecule has 1 aromatic carbocycles. The van der Waals surface area contributed by atoms with Crippen LogP contribution in [-0.2, 0) is 0 Å². The summed E-state index contributed by atoms with van der Waals surface area (Å²) in [5, 5.41) is 4.25. The highest BCUT2D eigenvalue weighted by Crippen LogP contribution is 2.28. The minimum atomic E-state index is -0.292. The average molecular weight is 283 g/mol. The van der Waals surface area contributed by atoms with Gasteiger partial charge in [-0.3, -0.25) is 0 Å². The molecule has 0 amide bonds. The first-order valence-electron chi connectivity index (χ1n) is 6.83. The number of rotatable bonds is 4. The highest BCUT2D eigenvalue weighted by Gasteiger charge is 2.23. The number of hydrogen-bond donors (Lipinski definition) is 1. The Balaban J connectivity index is 2.02. The number of thioether (sulfide) groups is 1. The van der Waals surface area contributed by atoms with Crippen LogP contribution >= 0.6 is 11.8 Å². The number of halogens is 1. The van der Waals surface area contributed by atoms with Gasteiger partial charge in [-0.25, -0.2) is 4.39 Å². The molecule has 0 saturated carbocycles. The van der Waals surface area contributed by atoms with E-state index in [-0.39, 0.29) is 11.9 Å². The van der Waals surface area contributed by atoms with Crippen molar-refractivity contribution in [3.05, 3.63) is 29.6 Å². The van der Waals surface area contributed by atoms with Crippen LogP contribution in [0, 0.1) is 5.82 Å². The summed E-state index contributed by atoms with van der Waals surface area (Å²) in [6.07, 6.45) is 2.47. The van der Waals surface area contributed by atoms with E-state index in [0.717, 1.165) is 5.56 Å². The summed E-state index contributed by atoms with van der Waals surface area (Å²) in [6, 6.07) is 5.87. The third-order valence-electron chi connectivity index (χ3n) is 3.75. The Morgan fingerprint density at radius 1 is 1.47 bits per heavy atom. The topological polar surface area (TPSA) is 21.3 Å². The van der Waals surface area contributed by atoms with Crippen molar-refractivity contribution in [2.45, 2.75) is 44.0 Å². The fourth-order valence-corrected chi connectivity index (χ4v) is 3.66. The maximum absolute atomic E-state index is 13.7. The molecule has 1 aromatic rings. The molecule has 0 spiro atoms. The Morgan fingerprint density at radius 3 is 2.89 bits per heavy atom. The Kier molecular flexibility index (Phi) is 5.11. The van der Waals surface area contributed by atoms with E-state index in [9.17, 15) is 4.39 Å². The summed E-state index contributed by atoms with van der Waals surface area (Å²) in [6.45, 7) is 4.36. The van der Waals surface area contributed by atoms with Gasteiger partial charge in [0.05, 0.1) is 7.11 Å². The van der Waals surface area contributed by atoms with Crippen LogP contribution in [0.4, 0.5) is 4.39 Å². The summed E-state index contributed by atoms with van der Waals surface area (Å²) >= 11 is 2.02. The predicted octanol–water partition coefficient (Wildman–Crippen LogP) is 3.77. The van der Waals surface area contributed by atoms with Gasteiger partial charge in [0.25, 0.3) is 0 Å². The minimum absolute atomic E-state index is 0.159. The molecule has 0 aliphatic carbocycles. The van der Waals surface area contributed by atoms with Crippen LogP contribution in [-0.4, -0.2) is 24.2 Å². The van der Waals surface area contributed by atoms with Gasteiger partial charge in [-0.1, -0.05) is 13.0 Å². The number of hydrogen-bond acceptors (Lipinski definition) is 3. The summed E-state index contributed by atoms with van der Waals surface area (Å²) in [5.74, 6) is 1.27. The SMILES string of the molecule is COc1ccc(C(C)NC2CCCSC2C)cc1F. The van der Waals surface area contributed by atoms with Crippen molar-refractivity contribution in [1.82, 2.24) is 5.32 Å². The molecule has 0 radical (unpaired) electrons. The standard InChI is InChI=1S/C15H22FNOS/c1-10(17-14-5-4-8-19-11(14)2)12-6-7-15(18-3)13(16)9-12/h6-7,9-11,14,17H,4-5,8H2,1-3H3. The maximum Gasteiger partial charge on any atom is 0.165 e. The second-order valence-corrected chi connectivity index (χ2v) is 6.59. The normalized spacial score (nSPS) is 25.1. The molecule has 1 saturated heterocycles. The molecule has 1 aliphatic rings. The molecule has 106 valence electrons. The fourth-order valence-electron chi connectivity index (χ4n) is 2.51. The minimum Gasteiger partial charge on any atom is -0.494 e. The molecule has 2 rings (SSSR count). The molecule has 19 heavy (non-hydrogen) atoms. The van der Waals surface area contributed by atoms with E-state index in [1.54, 1.807) is 12.1 Å². The van der Waals surface area contributed by atoms with Gasteiger partial charge < -0.3 is 10.1 Å². The maximum atomic E-state index is 13.7. The molecule has 4 heteroatoms. The largest absolute Gasteiger partial charge is 0.494 e. The lowest BCUT2D eigenvalue weighted by Crippen LogP contribution is -2.40. The third-order valence-corrected chi connectivity index (χ3v) is 5.13. The number of benzene rings is 1. The predicted molar refractivity (Wildman–Crippen MR) is 79.4 cm³/mol. The van der Waals surface area contributed by atoms with E-state index in [2.05, 4.69) is 19.2 Å². The van der Waals surface area contributed by atoms with Crippen LogP contribution in [0.15, 0.2) is 18.2 Å². The van der Waals surface area contributed by atoms with Crippen molar-refractivity contribution in [1.29, 1.82) is 0 Å². The van der Waals surface area contributed by atoms with E-state index in [4.69, 9.17) is 4.74 Å². The molecule has 0 aromatic heterocycles. The van der Waals surface area contributed by atoms with Crippen molar-refractivity contribution in [2.75, 3.05) is 12.9 Å². The van der Waals surface area contributed by atoms with Gasteiger partial charge in [0.2, 0.25) is 0 Å². The van der Waals surface area contributed by atoms with E-state index < -0.39 is 0 Å². The van der Waals surface area contributed by atoms with Gasteiger partial charge in [0.15, 0.2) is 11.6 Å². The lowest BCUT2D eigenvalue weighted by atomic mass is 10.0. The van der Waals surface area contributed by atoms with Crippen LogP contribution in [0.2, 0.25) is 0 Å². The molecule has 1 aliphatic heterocycles. The third kappa shape index (κ3) is 3.63. The van der Waals surface area contributed by atoms with Gasteiger partial charge in [-0.05, 0) is 43.2 Å². The van der Waals surface area contributed by atoms with Crippen molar-refractivity contribution in [2.24, 2.45) is 0 Å². The summed E-state index contributed by atoms with van der Waals surface area (Å²) in [5.41, 5.74) is 0.973. The molecular formula is C15H22FNOS. The molecule has 2 nitrogen and oxygen atoms in total. The Labute approximate surface area is 119 Å². The summed E-state index contributed by atoms with van der Waals surface area (Å²) in [4.78, 5) is 0. The van der Waals surface area contributed by atoms with Crippen molar-refractivity contribution >= 4 is 11.8 Å². The Morgan fingerprint density at radius 2 is 2.26 bits per heavy atom. The molecule has 0 bridgehead atoms. The summed E-state index contributed by atoms with van der Waals surface area (Å²) < 4.78 is 18.7. The van der Waals surface area contributed by atoms with Crippen molar-refractivity contribution < 1.29 is 9.13 Å². The van der Waals surface area contributed by atoms with Crippen molar-refractivity contribution in [3.8, 4) is 5.75 Å². The average Bonchev–Trinajstić information content (AvgIpc) is 2.41. The lowest BCUT2D eigenvalue weighted by Gasteiger charge is -2.32. The highest BCUT2D eigenvalue weighted by atomic mass is 32.2. The highest BCUT2D eigenvalue weighted by molar-refractivity contribution is 7.99. The molecule has 1 fully saturated rings. The smallest absolute Gasteiger partial charge is 0.165 e. The molecule has 3 unspecified atom stereocenters. The zero-order valence-electron chi connectivity index (χ0n) is 11.8. The first-order valence-corrected chi connectivity index (χ1v) is 7.87. The zero-order valence-corrected chi connectivity index (χ0v) is 12.6. The van der Waals surface area contributed by atoms with Gasteiger partial charge in [0.1, 0.15) is 0 Å². The second-order valence-electron chi connectivity index (χ2n) is 5.11. The van der Waals surface area contributed by atoms with Crippen LogP contribution in [0.5, 0.6) is 5.75 Å². The van der Waals surface area contributed by atoms with Crippen LogP contribution in [0.25, 0.3) is 0 Å². The van der Waals surface area contributed by atoms with Gasteiger partial charge in [-0.15, -0.1) is 0 Å². The van der Waals surface area contributed by atoms with Gasteiger partial charge in [-0.2, -0.15) is 11.8 Å². The van der Waals surface area contributed by atoms with Crippen molar-refractivity contribution in [3.63, 3.8) is 0 Å². The van der Waals surface area contributed by atoms with Gasteiger partial charge in [0, 0.05) is 17.3 Å². The van der Waals surface area contributed by atoms with Crippen LogP contribution < -0.4 is 10.1 Å². The first-order chi connectivity index (χ1) is 9.11. The number of ether oxygens (including phenoxy) is 1. The monoisotopic (exact) mass is 283 g/mol. The number of methoxy groups -OCH3 is 1. The summed E-state index contributed by atoms with van der Waals surface area (Å²) in [7, 11) is 1.49. The number of nitrogens with one attached hydrogen (secondary N) is 1. The molecular weight excluding hydrogens is 261 g/mol. The molecule has 1 heterocycles. The zero-order chi connectivity index (χ0) is 13.8. The van der Waals surface area contributed by atoms with E-state index in [1.165, 1.54) is 25.7 Å². The fraction of sp³-hybridized carbons (Fsp3) is 0.600. The van der Waals surface area contributed by atoms with Crippen LogP contribution in [0.3, 0.4) is 0 Å². The first kappa shape index (κ1) is 14.7. The Bertz CT molecular complexity index is 427. The Hall–Kier alpha value is -0.740. The van der Waals surface area contributed by atoms with E-state index in [0.29, 0.717) is 17.0 Å². The second kappa shape index (κ2) is 6.62. The molecule has 3 atom stereocenters.